The standard InChI is InChI=1S/C15H15NO2/c17-13-9-5-1-2-6-10(9)15-8-4-3-7-11(15)12(13)14(18)16-15/h1-2,5-6,11-12H,3-4,7-8H2,(H,16,18). The molecule has 0 radical (unpaired) electrons. The molecule has 3 unspecified atom stereocenters. The molecule has 1 saturated carbocycles. The Hall–Kier alpha value is -1.64. The Bertz CT molecular complexity index is 565. The summed E-state index contributed by atoms with van der Waals surface area (Å²) in [5, 5.41) is 3.16. The molecule has 1 heterocycles. The van der Waals surface area contributed by atoms with Gasteiger partial charge in [0.2, 0.25) is 5.91 Å². The van der Waals surface area contributed by atoms with E-state index in [-0.39, 0.29) is 23.1 Å². The zero-order valence-corrected chi connectivity index (χ0v) is 10.1. The summed E-state index contributed by atoms with van der Waals surface area (Å²) in [6.07, 6.45) is 4.23. The highest BCUT2D eigenvalue weighted by Crippen LogP contribution is 2.54. The van der Waals surface area contributed by atoms with Gasteiger partial charge >= 0.3 is 0 Å². The van der Waals surface area contributed by atoms with E-state index in [1.165, 1.54) is 0 Å². The fraction of sp³-hybridized carbons (Fsp3) is 0.467. The normalized spacial score (nSPS) is 36.9. The Labute approximate surface area is 106 Å². The van der Waals surface area contributed by atoms with Crippen molar-refractivity contribution in [1.29, 1.82) is 0 Å². The van der Waals surface area contributed by atoms with Crippen LogP contribution in [0.2, 0.25) is 0 Å². The van der Waals surface area contributed by atoms with Gasteiger partial charge in [0.25, 0.3) is 0 Å². The molecule has 2 aliphatic carbocycles. The summed E-state index contributed by atoms with van der Waals surface area (Å²) in [5.74, 6) is -0.271. The topological polar surface area (TPSA) is 46.2 Å². The van der Waals surface area contributed by atoms with E-state index in [9.17, 15) is 9.59 Å². The molecule has 92 valence electrons. The molecule has 1 aliphatic heterocycles. The number of benzene rings is 1. The number of rotatable bonds is 0. The predicted molar refractivity (Wildman–Crippen MR) is 66.0 cm³/mol. The number of fused-ring (bicyclic) bond motifs is 1. The quantitative estimate of drug-likeness (QED) is 0.706. The van der Waals surface area contributed by atoms with E-state index >= 15 is 0 Å². The van der Waals surface area contributed by atoms with Crippen molar-refractivity contribution in [1.82, 2.24) is 5.32 Å². The van der Waals surface area contributed by atoms with E-state index in [2.05, 4.69) is 5.32 Å². The van der Waals surface area contributed by atoms with E-state index in [0.29, 0.717) is 0 Å². The predicted octanol–water partition coefficient (Wildman–Crippen LogP) is 2.01. The highest BCUT2D eigenvalue weighted by Gasteiger charge is 2.61. The fourth-order valence-electron chi connectivity index (χ4n) is 4.24. The molecule has 18 heavy (non-hydrogen) atoms. The van der Waals surface area contributed by atoms with Crippen LogP contribution in [0.15, 0.2) is 24.3 Å². The lowest BCUT2D eigenvalue weighted by molar-refractivity contribution is -0.121. The molecule has 3 heteroatoms. The maximum Gasteiger partial charge on any atom is 0.232 e. The summed E-state index contributed by atoms with van der Waals surface area (Å²) >= 11 is 0. The lowest BCUT2D eigenvalue weighted by Crippen LogP contribution is -2.48. The van der Waals surface area contributed by atoms with E-state index in [1.54, 1.807) is 0 Å². The minimum Gasteiger partial charge on any atom is -0.346 e. The number of carbonyl (C=O) groups is 2. The molecule has 1 saturated heterocycles. The minimum absolute atomic E-state index is 0.0307. The summed E-state index contributed by atoms with van der Waals surface area (Å²) in [4.78, 5) is 24.6. The van der Waals surface area contributed by atoms with Crippen LogP contribution in [0.5, 0.6) is 0 Å². The highest BCUT2D eigenvalue weighted by atomic mass is 16.2. The Morgan fingerprint density at radius 3 is 2.89 bits per heavy atom. The van der Waals surface area contributed by atoms with E-state index in [0.717, 1.165) is 36.8 Å². The molecule has 3 nitrogen and oxygen atoms in total. The lowest BCUT2D eigenvalue weighted by Gasteiger charge is -2.43. The lowest BCUT2D eigenvalue weighted by atomic mass is 9.61. The molecule has 3 aliphatic rings. The summed E-state index contributed by atoms with van der Waals surface area (Å²) in [6, 6.07) is 7.75. The van der Waals surface area contributed by atoms with E-state index in [1.807, 2.05) is 24.3 Å². The van der Waals surface area contributed by atoms with Crippen LogP contribution >= 0.6 is 0 Å². The number of amides is 1. The molecule has 4 rings (SSSR count). The first-order valence-corrected chi connectivity index (χ1v) is 6.70. The van der Waals surface area contributed by atoms with Gasteiger partial charge in [0.05, 0.1) is 5.54 Å². The third-order valence-electron chi connectivity index (χ3n) is 4.96. The summed E-state index contributed by atoms with van der Waals surface area (Å²) < 4.78 is 0. The monoisotopic (exact) mass is 241 g/mol. The van der Waals surface area contributed by atoms with Crippen molar-refractivity contribution in [2.24, 2.45) is 11.8 Å². The maximum atomic E-state index is 12.5. The van der Waals surface area contributed by atoms with Gasteiger partial charge in [-0.2, -0.15) is 0 Å². The first kappa shape index (κ1) is 10.3. The number of hydrogen-bond donors (Lipinski definition) is 1. The molecule has 3 atom stereocenters. The Morgan fingerprint density at radius 1 is 1.17 bits per heavy atom. The van der Waals surface area contributed by atoms with Crippen molar-refractivity contribution in [3.63, 3.8) is 0 Å². The molecule has 0 spiro atoms. The molecule has 2 fully saturated rings. The Kier molecular flexibility index (Phi) is 1.84. The van der Waals surface area contributed by atoms with Crippen molar-refractivity contribution in [3.05, 3.63) is 35.4 Å². The number of Topliss-reactive ketones (excluding diaryl/α,β-unsaturated/α-hetero) is 1. The first-order valence-electron chi connectivity index (χ1n) is 6.70. The number of carbonyl (C=O) groups excluding carboxylic acids is 2. The number of ketones is 1. The Balaban J connectivity index is 2.01. The first-order chi connectivity index (χ1) is 8.74. The van der Waals surface area contributed by atoms with Gasteiger partial charge in [-0.1, -0.05) is 37.1 Å². The van der Waals surface area contributed by atoms with Gasteiger partial charge in [-0.3, -0.25) is 9.59 Å². The van der Waals surface area contributed by atoms with Gasteiger partial charge in [0, 0.05) is 11.5 Å². The third-order valence-corrected chi connectivity index (χ3v) is 4.96. The molecular formula is C15H15NO2. The van der Waals surface area contributed by atoms with E-state index < -0.39 is 5.92 Å². The van der Waals surface area contributed by atoms with Crippen LogP contribution in [0, 0.1) is 11.8 Å². The van der Waals surface area contributed by atoms with Crippen molar-refractivity contribution in [2.45, 2.75) is 31.2 Å². The van der Waals surface area contributed by atoms with Crippen molar-refractivity contribution < 1.29 is 9.59 Å². The molecule has 1 amide bonds. The summed E-state index contributed by atoms with van der Waals surface area (Å²) in [5.41, 5.74) is 1.57. The average molecular weight is 241 g/mol. The zero-order chi connectivity index (χ0) is 12.3. The number of nitrogens with one attached hydrogen (secondary N) is 1. The van der Waals surface area contributed by atoms with Gasteiger partial charge in [0.15, 0.2) is 5.78 Å². The van der Waals surface area contributed by atoms with Crippen molar-refractivity contribution in [3.8, 4) is 0 Å². The van der Waals surface area contributed by atoms with Gasteiger partial charge in [-0.15, -0.1) is 0 Å². The van der Waals surface area contributed by atoms with Crippen LogP contribution in [0.4, 0.5) is 0 Å². The average Bonchev–Trinajstić information content (AvgIpc) is 2.66. The van der Waals surface area contributed by atoms with Crippen LogP contribution in [0.25, 0.3) is 0 Å². The van der Waals surface area contributed by atoms with Crippen LogP contribution in [-0.2, 0) is 10.3 Å². The van der Waals surface area contributed by atoms with Crippen LogP contribution < -0.4 is 5.32 Å². The largest absolute Gasteiger partial charge is 0.346 e. The second-order valence-corrected chi connectivity index (χ2v) is 5.70. The van der Waals surface area contributed by atoms with Gasteiger partial charge in [-0.05, 0) is 18.4 Å². The molecule has 0 aromatic heterocycles. The van der Waals surface area contributed by atoms with Crippen LogP contribution in [-0.4, -0.2) is 11.7 Å². The maximum absolute atomic E-state index is 12.5. The summed E-state index contributed by atoms with van der Waals surface area (Å²) in [7, 11) is 0. The molecular weight excluding hydrogens is 226 g/mol. The van der Waals surface area contributed by atoms with Crippen molar-refractivity contribution >= 4 is 11.7 Å². The van der Waals surface area contributed by atoms with Gasteiger partial charge < -0.3 is 5.32 Å². The van der Waals surface area contributed by atoms with E-state index in [4.69, 9.17) is 0 Å². The van der Waals surface area contributed by atoms with Crippen LogP contribution in [0.1, 0.15) is 41.6 Å². The molecule has 2 bridgehead atoms. The SMILES string of the molecule is O=C1NC23CCCCC2C1C(=O)c1ccccc13. The molecule has 1 aromatic rings. The third kappa shape index (κ3) is 1.01. The van der Waals surface area contributed by atoms with Gasteiger partial charge in [-0.25, -0.2) is 0 Å². The fourth-order valence-corrected chi connectivity index (χ4v) is 4.24. The summed E-state index contributed by atoms with van der Waals surface area (Å²) in [6.45, 7) is 0. The van der Waals surface area contributed by atoms with Crippen LogP contribution in [0.3, 0.4) is 0 Å². The molecule has 1 N–H and O–H groups in total. The number of hydrogen-bond acceptors (Lipinski definition) is 2. The highest BCUT2D eigenvalue weighted by molar-refractivity contribution is 6.14. The molecule has 1 aromatic carbocycles. The zero-order valence-electron chi connectivity index (χ0n) is 10.1. The van der Waals surface area contributed by atoms with Crippen molar-refractivity contribution in [2.75, 3.05) is 0 Å². The second kappa shape index (κ2) is 3.22. The second-order valence-electron chi connectivity index (χ2n) is 5.70. The minimum atomic E-state index is -0.430. The van der Waals surface area contributed by atoms with Gasteiger partial charge in [0.1, 0.15) is 5.92 Å². The Morgan fingerprint density at radius 2 is 2.00 bits per heavy atom. The smallest absolute Gasteiger partial charge is 0.232 e.